The minimum Gasteiger partial charge on any atom is -0.494 e. The number of hydrogen-bond acceptors (Lipinski definition) is 3. The van der Waals surface area contributed by atoms with E-state index in [1.807, 2.05) is 61.5 Å². The van der Waals surface area contributed by atoms with E-state index in [2.05, 4.69) is 5.32 Å². The number of hydrogen-bond donors (Lipinski definition) is 1. The SMILES string of the molecule is CCOc1ccc(CNC(=O)C2CCN(c3ccccc3)C2=O)cc1. The molecule has 1 fully saturated rings. The maximum absolute atomic E-state index is 12.5. The number of carbonyl (C=O) groups is 2. The Hall–Kier alpha value is -2.82. The van der Waals surface area contributed by atoms with Crippen LogP contribution in [-0.4, -0.2) is 25.0 Å². The van der Waals surface area contributed by atoms with Crippen molar-refractivity contribution in [3.8, 4) is 5.75 Å². The van der Waals surface area contributed by atoms with Gasteiger partial charge in [0.05, 0.1) is 6.61 Å². The summed E-state index contributed by atoms with van der Waals surface area (Å²) >= 11 is 0. The highest BCUT2D eigenvalue weighted by Gasteiger charge is 2.37. The van der Waals surface area contributed by atoms with Crippen molar-refractivity contribution >= 4 is 17.5 Å². The molecule has 5 heteroatoms. The van der Waals surface area contributed by atoms with E-state index in [1.54, 1.807) is 4.90 Å². The lowest BCUT2D eigenvalue weighted by Crippen LogP contribution is -2.36. The normalized spacial score (nSPS) is 16.8. The maximum atomic E-state index is 12.5. The van der Waals surface area contributed by atoms with Crippen LogP contribution >= 0.6 is 0 Å². The van der Waals surface area contributed by atoms with E-state index < -0.39 is 5.92 Å². The van der Waals surface area contributed by atoms with Gasteiger partial charge in [-0.25, -0.2) is 0 Å². The number of para-hydroxylation sites is 1. The molecule has 1 N–H and O–H groups in total. The van der Waals surface area contributed by atoms with Crippen molar-refractivity contribution in [3.63, 3.8) is 0 Å². The van der Waals surface area contributed by atoms with Crippen molar-refractivity contribution in [1.29, 1.82) is 0 Å². The van der Waals surface area contributed by atoms with Crippen LogP contribution in [0.1, 0.15) is 18.9 Å². The third-order valence-electron chi connectivity index (χ3n) is 4.29. The summed E-state index contributed by atoms with van der Waals surface area (Å²) in [5, 5.41) is 2.87. The third kappa shape index (κ3) is 3.99. The summed E-state index contributed by atoms with van der Waals surface area (Å²) in [6, 6.07) is 17.0. The Balaban J connectivity index is 1.56. The number of ether oxygens (including phenoxy) is 1. The van der Waals surface area contributed by atoms with Gasteiger partial charge in [0.25, 0.3) is 0 Å². The van der Waals surface area contributed by atoms with E-state index in [1.165, 1.54) is 0 Å². The first kappa shape index (κ1) is 17.0. The maximum Gasteiger partial charge on any atom is 0.239 e. The van der Waals surface area contributed by atoms with Crippen LogP contribution in [0.5, 0.6) is 5.75 Å². The van der Waals surface area contributed by atoms with Gasteiger partial charge in [0.1, 0.15) is 11.7 Å². The second kappa shape index (κ2) is 7.83. The van der Waals surface area contributed by atoms with Gasteiger partial charge in [0.15, 0.2) is 0 Å². The fourth-order valence-corrected chi connectivity index (χ4v) is 2.97. The van der Waals surface area contributed by atoms with E-state index in [0.29, 0.717) is 26.1 Å². The van der Waals surface area contributed by atoms with Crippen LogP contribution in [0.2, 0.25) is 0 Å². The van der Waals surface area contributed by atoms with Crippen LogP contribution in [0.15, 0.2) is 54.6 Å². The lowest BCUT2D eigenvalue weighted by atomic mass is 10.1. The van der Waals surface area contributed by atoms with Gasteiger partial charge in [-0.1, -0.05) is 30.3 Å². The molecule has 25 heavy (non-hydrogen) atoms. The average Bonchev–Trinajstić information content (AvgIpc) is 3.03. The summed E-state index contributed by atoms with van der Waals surface area (Å²) in [5.41, 5.74) is 1.82. The van der Waals surface area contributed by atoms with Crippen molar-refractivity contribution in [2.75, 3.05) is 18.1 Å². The monoisotopic (exact) mass is 338 g/mol. The zero-order valence-electron chi connectivity index (χ0n) is 14.3. The Morgan fingerprint density at radius 2 is 1.88 bits per heavy atom. The molecule has 2 amide bonds. The predicted molar refractivity (Wildman–Crippen MR) is 96.4 cm³/mol. The summed E-state index contributed by atoms with van der Waals surface area (Å²) in [6.07, 6.45) is 0.544. The molecule has 1 saturated heterocycles. The van der Waals surface area contributed by atoms with Gasteiger partial charge in [0.2, 0.25) is 11.8 Å². The molecule has 2 aromatic carbocycles. The van der Waals surface area contributed by atoms with Gasteiger partial charge in [0, 0.05) is 18.8 Å². The van der Waals surface area contributed by atoms with Crippen molar-refractivity contribution in [3.05, 3.63) is 60.2 Å². The first-order chi connectivity index (χ1) is 12.2. The number of nitrogens with zero attached hydrogens (tertiary/aromatic N) is 1. The summed E-state index contributed by atoms with van der Waals surface area (Å²) < 4.78 is 5.40. The predicted octanol–water partition coefficient (Wildman–Crippen LogP) is 2.75. The van der Waals surface area contributed by atoms with E-state index in [9.17, 15) is 9.59 Å². The molecule has 3 rings (SSSR count). The molecule has 0 bridgehead atoms. The molecule has 2 aromatic rings. The van der Waals surface area contributed by atoms with Crippen molar-refractivity contribution in [1.82, 2.24) is 5.32 Å². The molecule has 5 nitrogen and oxygen atoms in total. The highest BCUT2D eigenvalue weighted by atomic mass is 16.5. The highest BCUT2D eigenvalue weighted by Crippen LogP contribution is 2.25. The molecule has 1 heterocycles. The largest absolute Gasteiger partial charge is 0.494 e. The molecule has 0 saturated carbocycles. The van der Waals surface area contributed by atoms with Crippen LogP contribution < -0.4 is 15.0 Å². The smallest absolute Gasteiger partial charge is 0.239 e. The molecule has 1 aliphatic heterocycles. The zero-order chi connectivity index (χ0) is 17.6. The summed E-state index contributed by atoms with van der Waals surface area (Å²) in [7, 11) is 0. The highest BCUT2D eigenvalue weighted by molar-refractivity contribution is 6.09. The van der Waals surface area contributed by atoms with Crippen LogP contribution in [0, 0.1) is 5.92 Å². The minimum atomic E-state index is -0.608. The topological polar surface area (TPSA) is 58.6 Å². The van der Waals surface area contributed by atoms with E-state index >= 15 is 0 Å². The number of carbonyl (C=O) groups excluding carboxylic acids is 2. The Morgan fingerprint density at radius 3 is 2.56 bits per heavy atom. The summed E-state index contributed by atoms with van der Waals surface area (Å²) in [4.78, 5) is 26.6. The average molecular weight is 338 g/mol. The Kier molecular flexibility index (Phi) is 5.33. The fraction of sp³-hybridized carbons (Fsp3) is 0.300. The quantitative estimate of drug-likeness (QED) is 0.824. The lowest BCUT2D eigenvalue weighted by Gasteiger charge is -2.16. The van der Waals surface area contributed by atoms with Crippen LogP contribution in [-0.2, 0) is 16.1 Å². The van der Waals surface area contributed by atoms with Crippen LogP contribution in [0.4, 0.5) is 5.69 Å². The number of amides is 2. The Morgan fingerprint density at radius 1 is 1.16 bits per heavy atom. The van der Waals surface area contributed by atoms with E-state index in [4.69, 9.17) is 4.74 Å². The number of anilines is 1. The Labute approximate surface area is 147 Å². The number of nitrogens with one attached hydrogen (secondary N) is 1. The minimum absolute atomic E-state index is 0.129. The summed E-state index contributed by atoms with van der Waals surface area (Å²) in [5.74, 6) is -0.141. The van der Waals surface area contributed by atoms with Gasteiger partial charge < -0.3 is 15.0 Å². The van der Waals surface area contributed by atoms with Gasteiger partial charge in [-0.2, -0.15) is 0 Å². The second-order valence-corrected chi connectivity index (χ2v) is 5.96. The van der Waals surface area contributed by atoms with E-state index in [0.717, 1.165) is 17.0 Å². The Bertz CT molecular complexity index is 728. The van der Waals surface area contributed by atoms with E-state index in [-0.39, 0.29) is 11.8 Å². The van der Waals surface area contributed by atoms with Crippen molar-refractivity contribution in [2.45, 2.75) is 19.9 Å². The second-order valence-electron chi connectivity index (χ2n) is 5.96. The molecule has 130 valence electrons. The first-order valence-corrected chi connectivity index (χ1v) is 8.55. The molecular weight excluding hydrogens is 316 g/mol. The van der Waals surface area contributed by atoms with Crippen LogP contribution in [0.3, 0.4) is 0 Å². The lowest BCUT2D eigenvalue weighted by molar-refractivity contribution is -0.132. The van der Waals surface area contributed by atoms with Crippen LogP contribution in [0.25, 0.3) is 0 Å². The molecule has 0 radical (unpaired) electrons. The number of rotatable bonds is 6. The van der Waals surface area contributed by atoms with Gasteiger partial charge >= 0.3 is 0 Å². The van der Waals surface area contributed by atoms with Gasteiger partial charge in [-0.3, -0.25) is 9.59 Å². The molecular formula is C20H22N2O3. The number of benzene rings is 2. The molecule has 0 aromatic heterocycles. The molecule has 1 unspecified atom stereocenters. The van der Waals surface area contributed by atoms with Crippen molar-refractivity contribution in [2.24, 2.45) is 5.92 Å². The first-order valence-electron chi connectivity index (χ1n) is 8.55. The molecule has 1 atom stereocenters. The van der Waals surface area contributed by atoms with Crippen molar-refractivity contribution < 1.29 is 14.3 Å². The summed E-state index contributed by atoms with van der Waals surface area (Å²) in [6.45, 7) is 3.54. The zero-order valence-corrected chi connectivity index (χ0v) is 14.3. The standard InChI is InChI=1S/C20H22N2O3/c1-2-25-17-10-8-15(9-11-17)14-21-19(23)18-12-13-22(20(18)24)16-6-4-3-5-7-16/h3-11,18H,2,12-14H2,1H3,(H,21,23). The fourth-order valence-electron chi connectivity index (χ4n) is 2.97. The third-order valence-corrected chi connectivity index (χ3v) is 4.29. The molecule has 1 aliphatic rings. The molecule has 0 spiro atoms. The van der Waals surface area contributed by atoms with Gasteiger partial charge in [-0.05, 0) is 43.2 Å². The van der Waals surface area contributed by atoms with Gasteiger partial charge in [-0.15, -0.1) is 0 Å². The molecule has 0 aliphatic carbocycles.